The Bertz CT molecular complexity index is 957. The molecule has 0 spiro atoms. The molecular weight excluding hydrogens is 419 g/mol. The van der Waals surface area contributed by atoms with Gasteiger partial charge in [-0.3, -0.25) is 9.36 Å². The first-order valence-corrected chi connectivity index (χ1v) is 13.2. The average molecular weight is 445 g/mol. The second kappa shape index (κ2) is 7.95. The number of hydrogen-bond acceptors (Lipinski definition) is 8. The largest absolute Gasteiger partial charge is 0.695 e. The lowest BCUT2D eigenvalue weighted by molar-refractivity contribution is -0.0480. The summed E-state index contributed by atoms with van der Waals surface area (Å²) >= 11 is 0. The molecule has 160 valence electrons. The van der Waals surface area contributed by atoms with E-state index < -0.39 is 46.7 Å². The number of imidazole rings is 1. The standard InChI is InChI=1S/C16H25N4O7PSi/c1-16(2,3)29(4,5)27-11-9(6-21)25-15(12(11)26-28(23)24)20-8-19-10-13(20)17-7-18-14(10)22/h7-9,11-12,15,21H,6H2,1-5H3,(H-,17,18,22,23,24)/p+1/t9-,11?,12-,15-/m1/s1. The van der Waals surface area contributed by atoms with Crippen LogP contribution in [-0.4, -0.2) is 62.8 Å². The molecule has 0 bridgehead atoms. The van der Waals surface area contributed by atoms with Crippen molar-refractivity contribution in [1.82, 2.24) is 19.5 Å². The van der Waals surface area contributed by atoms with E-state index in [2.05, 4.69) is 35.7 Å². The Labute approximate surface area is 169 Å². The number of aromatic amines is 1. The van der Waals surface area contributed by atoms with Gasteiger partial charge in [0.1, 0.15) is 12.2 Å². The van der Waals surface area contributed by atoms with Gasteiger partial charge >= 0.3 is 8.25 Å². The lowest BCUT2D eigenvalue weighted by atomic mass is 10.1. The van der Waals surface area contributed by atoms with Crippen LogP contribution in [0, 0.1) is 0 Å². The minimum Gasteiger partial charge on any atom is -0.408 e. The second-order valence-corrected chi connectivity index (χ2v) is 13.9. The van der Waals surface area contributed by atoms with Crippen molar-refractivity contribution in [3.8, 4) is 0 Å². The van der Waals surface area contributed by atoms with E-state index in [0.29, 0.717) is 0 Å². The molecule has 2 aromatic heterocycles. The zero-order chi connectivity index (χ0) is 21.6. The van der Waals surface area contributed by atoms with Crippen molar-refractivity contribution < 1.29 is 28.3 Å². The van der Waals surface area contributed by atoms with Crippen molar-refractivity contribution in [2.24, 2.45) is 0 Å². The quantitative estimate of drug-likeness (QED) is 0.443. The van der Waals surface area contributed by atoms with Crippen LogP contribution in [0.1, 0.15) is 27.0 Å². The second-order valence-electron chi connectivity index (χ2n) is 8.45. The first kappa shape index (κ1) is 22.2. The lowest BCUT2D eigenvalue weighted by Gasteiger charge is -2.39. The molecular formula is C16H26N4O7PSi+. The zero-order valence-electron chi connectivity index (χ0n) is 16.9. The molecule has 0 aromatic carbocycles. The number of nitrogens with one attached hydrogen (secondary N) is 1. The van der Waals surface area contributed by atoms with Crippen LogP contribution < -0.4 is 5.56 Å². The predicted octanol–water partition coefficient (Wildman–Crippen LogP) is 1.43. The summed E-state index contributed by atoms with van der Waals surface area (Å²) in [6.45, 7) is 9.85. The van der Waals surface area contributed by atoms with Crippen molar-refractivity contribution in [3.05, 3.63) is 23.0 Å². The Morgan fingerprint density at radius 1 is 1.34 bits per heavy atom. The summed E-state index contributed by atoms with van der Waals surface area (Å²) in [5.74, 6) is 0. The number of ether oxygens (including phenoxy) is 1. The van der Waals surface area contributed by atoms with Crippen LogP contribution in [0.25, 0.3) is 11.2 Å². The van der Waals surface area contributed by atoms with Crippen LogP contribution in [0.4, 0.5) is 0 Å². The molecule has 11 nitrogen and oxygen atoms in total. The molecule has 2 aromatic rings. The maximum absolute atomic E-state index is 12.0. The van der Waals surface area contributed by atoms with Gasteiger partial charge in [0.05, 0.1) is 19.3 Å². The lowest BCUT2D eigenvalue weighted by Crippen LogP contribution is -2.50. The van der Waals surface area contributed by atoms with Crippen LogP contribution in [0.5, 0.6) is 0 Å². The summed E-state index contributed by atoms with van der Waals surface area (Å²) in [6, 6.07) is 0. The minimum atomic E-state index is -2.98. The normalized spacial score (nSPS) is 26.2. The summed E-state index contributed by atoms with van der Waals surface area (Å²) in [5, 5.41) is 9.74. The van der Waals surface area contributed by atoms with Gasteiger partial charge in [-0.25, -0.2) is 9.97 Å². The fourth-order valence-corrected chi connectivity index (χ4v) is 4.76. The maximum atomic E-state index is 12.0. The fourth-order valence-electron chi connectivity index (χ4n) is 3.00. The van der Waals surface area contributed by atoms with E-state index in [1.165, 1.54) is 17.2 Å². The van der Waals surface area contributed by atoms with Gasteiger partial charge in [-0.2, -0.15) is 0 Å². The van der Waals surface area contributed by atoms with E-state index in [1.54, 1.807) is 0 Å². The predicted molar refractivity (Wildman–Crippen MR) is 106 cm³/mol. The summed E-state index contributed by atoms with van der Waals surface area (Å²) < 4.78 is 30.7. The fraction of sp³-hybridized carbons (Fsp3) is 0.688. The maximum Gasteiger partial charge on any atom is 0.695 e. The van der Waals surface area contributed by atoms with Gasteiger partial charge in [-0.1, -0.05) is 20.8 Å². The highest BCUT2D eigenvalue weighted by Crippen LogP contribution is 2.44. The van der Waals surface area contributed by atoms with E-state index in [1.807, 2.05) is 13.1 Å². The van der Waals surface area contributed by atoms with E-state index >= 15 is 0 Å². The Morgan fingerprint density at radius 2 is 2.03 bits per heavy atom. The average Bonchev–Trinajstić information content (AvgIpc) is 3.16. The third-order valence-corrected chi connectivity index (χ3v) is 10.5. The highest BCUT2D eigenvalue weighted by Gasteiger charge is 2.54. The molecule has 1 aliphatic heterocycles. The first-order valence-electron chi connectivity index (χ1n) is 9.13. The van der Waals surface area contributed by atoms with Crippen molar-refractivity contribution in [2.45, 2.75) is 63.4 Å². The van der Waals surface area contributed by atoms with Gasteiger partial charge in [0.25, 0.3) is 5.56 Å². The minimum absolute atomic E-state index is 0.0950. The molecule has 1 fully saturated rings. The van der Waals surface area contributed by atoms with Gasteiger partial charge in [-0.05, 0) is 18.1 Å². The number of H-pyrrole nitrogens is 1. The van der Waals surface area contributed by atoms with E-state index in [-0.39, 0.29) is 22.8 Å². The van der Waals surface area contributed by atoms with Crippen LogP contribution >= 0.6 is 8.25 Å². The van der Waals surface area contributed by atoms with Crippen molar-refractivity contribution in [2.75, 3.05) is 6.61 Å². The number of aromatic nitrogens is 4. The highest BCUT2D eigenvalue weighted by atomic mass is 31.1. The molecule has 3 heterocycles. The van der Waals surface area contributed by atoms with Crippen LogP contribution in [0.2, 0.25) is 18.1 Å². The molecule has 0 amide bonds. The van der Waals surface area contributed by atoms with Gasteiger partial charge < -0.3 is 19.3 Å². The third-order valence-electron chi connectivity index (χ3n) is 5.55. The van der Waals surface area contributed by atoms with Crippen LogP contribution in [0.3, 0.4) is 0 Å². The third kappa shape index (κ3) is 4.19. The molecule has 0 saturated carbocycles. The molecule has 0 radical (unpaired) electrons. The molecule has 13 heteroatoms. The van der Waals surface area contributed by atoms with Gasteiger partial charge in [0.2, 0.25) is 0 Å². The smallest absolute Gasteiger partial charge is 0.408 e. The molecule has 1 saturated heterocycles. The van der Waals surface area contributed by atoms with Gasteiger partial charge in [0.15, 0.2) is 31.8 Å². The SMILES string of the molecule is CC(C)(C)[Si](C)(C)OC1[C@@H](O[P+](=O)O)[C@H](n2cnc3c(=O)[nH]cnc32)O[C@@H]1CO. The number of nitrogens with zero attached hydrogens (tertiary/aromatic N) is 3. The van der Waals surface area contributed by atoms with Crippen LogP contribution in [0.15, 0.2) is 17.4 Å². The van der Waals surface area contributed by atoms with Crippen molar-refractivity contribution in [3.63, 3.8) is 0 Å². The zero-order valence-corrected chi connectivity index (χ0v) is 18.8. The number of fused-ring (bicyclic) bond motifs is 1. The topological polar surface area (TPSA) is 149 Å². The highest BCUT2D eigenvalue weighted by molar-refractivity contribution is 7.32. The van der Waals surface area contributed by atoms with E-state index in [9.17, 15) is 19.4 Å². The molecule has 29 heavy (non-hydrogen) atoms. The molecule has 1 aliphatic rings. The molecule has 2 unspecified atom stereocenters. The Morgan fingerprint density at radius 3 is 2.62 bits per heavy atom. The van der Waals surface area contributed by atoms with Gasteiger partial charge in [0, 0.05) is 4.57 Å². The summed E-state index contributed by atoms with van der Waals surface area (Å²) in [7, 11) is -5.32. The van der Waals surface area contributed by atoms with E-state index in [4.69, 9.17) is 13.7 Å². The number of hydrogen-bond donors (Lipinski definition) is 3. The number of rotatable bonds is 6. The summed E-state index contributed by atoms with van der Waals surface area (Å²) in [6.07, 6.45) is -1.000. The Hall–Kier alpha value is -1.53. The first-order chi connectivity index (χ1) is 13.5. The van der Waals surface area contributed by atoms with Crippen molar-refractivity contribution in [1.29, 1.82) is 0 Å². The Kier molecular flexibility index (Phi) is 6.07. The van der Waals surface area contributed by atoms with Crippen molar-refractivity contribution >= 4 is 27.7 Å². The number of aliphatic hydroxyl groups is 1. The van der Waals surface area contributed by atoms with Gasteiger partial charge in [-0.15, -0.1) is 9.42 Å². The summed E-state index contributed by atoms with van der Waals surface area (Å²) in [4.78, 5) is 32.0. The summed E-state index contributed by atoms with van der Waals surface area (Å²) in [5.41, 5.74) is -0.104. The molecule has 3 rings (SSSR count). The monoisotopic (exact) mass is 445 g/mol. The van der Waals surface area contributed by atoms with E-state index in [0.717, 1.165) is 0 Å². The number of aliphatic hydroxyl groups excluding tert-OH is 1. The molecule has 3 N–H and O–H groups in total. The Balaban J connectivity index is 2.04. The van der Waals surface area contributed by atoms with Crippen LogP contribution in [-0.2, 0) is 18.3 Å². The molecule has 0 aliphatic carbocycles. The molecule has 5 atom stereocenters.